The van der Waals surface area contributed by atoms with E-state index >= 15 is 0 Å². The molecule has 0 unspecified atom stereocenters. The van der Waals surface area contributed by atoms with Gasteiger partial charge >= 0.3 is 6.03 Å². The molecule has 9 heteroatoms. The van der Waals surface area contributed by atoms with Crippen molar-refractivity contribution in [3.63, 3.8) is 0 Å². The van der Waals surface area contributed by atoms with Crippen molar-refractivity contribution in [1.29, 1.82) is 0 Å². The van der Waals surface area contributed by atoms with Gasteiger partial charge in [-0.2, -0.15) is 0 Å². The fourth-order valence-corrected chi connectivity index (χ4v) is 4.10. The second-order valence-electron chi connectivity index (χ2n) is 8.24. The number of rotatable bonds is 5. The zero-order valence-electron chi connectivity index (χ0n) is 19.6. The zero-order valence-corrected chi connectivity index (χ0v) is 19.6. The quantitative estimate of drug-likeness (QED) is 0.461. The van der Waals surface area contributed by atoms with Crippen LogP contribution in [-0.2, 0) is 0 Å². The summed E-state index contributed by atoms with van der Waals surface area (Å²) in [6.07, 6.45) is 6.35. The molecule has 2 aromatic carbocycles. The SMILES string of the molecule is O=C(c1ccc(NC(=O)N(c2ccccc2)c2cncnc2)cc1)N1CCN(c2ccccn2)CC1. The molecule has 4 aromatic rings. The van der Waals surface area contributed by atoms with Crippen molar-refractivity contribution in [2.75, 3.05) is 41.3 Å². The highest BCUT2D eigenvalue weighted by Gasteiger charge is 2.23. The van der Waals surface area contributed by atoms with E-state index in [-0.39, 0.29) is 11.9 Å². The minimum Gasteiger partial charge on any atom is -0.353 e. The minimum absolute atomic E-state index is 0.0270. The molecule has 0 atom stereocenters. The maximum absolute atomic E-state index is 13.2. The first-order chi connectivity index (χ1) is 17.7. The van der Waals surface area contributed by atoms with Gasteiger partial charge in [-0.05, 0) is 48.5 Å². The number of piperazine rings is 1. The van der Waals surface area contributed by atoms with Crippen LogP contribution in [0.5, 0.6) is 0 Å². The van der Waals surface area contributed by atoms with Crippen LogP contribution < -0.4 is 15.1 Å². The van der Waals surface area contributed by atoms with E-state index < -0.39 is 0 Å². The van der Waals surface area contributed by atoms with Crippen molar-refractivity contribution < 1.29 is 9.59 Å². The summed E-state index contributed by atoms with van der Waals surface area (Å²) in [7, 11) is 0. The second kappa shape index (κ2) is 10.6. The number of pyridine rings is 1. The van der Waals surface area contributed by atoms with Gasteiger partial charge < -0.3 is 15.1 Å². The third-order valence-corrected chi connectivity index (χ3v) is 5.95. The molecule has 180 valence electrons. The van der Waals surface area contributed by atoms with Crippen LogP contribution in [0.3, 0.4) is 0 Å². The molecule has 1 aliphatic rings. The number of aromatic nitrogens is 3. The molecule has 0 saturated carbocycles. The van der Waals surface area contributed by atoms with E-state index in [1.165, 1.54) is 11.2 Å². The van der Waals surface area contributed by atoms with Gasteiger partial charge in [-0.25, -0.2) is 19.7 Å². The molecule has 1 aliphatic heterocycles. The monoisotopic (exact) mass is 479 g/mol. The maximum atomic E-state index is 13.2. The standard InChI is InChI=1S/C27H25N7O2/c35-26(33-16-14-32(15-17-33)25-8-4-5-13-30-25)21-9-11-22(12-10-21)31-27(36)34(23-6-2-1-3-7-23)24-18-28-20-29-19-24/h1-13,18-20H,14-17H2,(H,31,36). The molecule has 1 fully saturated rings. The van der Waals surface area contributed by atoms with Crippen molar-refractivity contribution in [1.82, 2.24) is 19.9 Å². The Bertz CT molecular complexity index is 1260. The molecule has 5 rings (SSSR count). The molecule has 0 bridgehead atoms. The van der Waals surface area contributed by atoms with E-state index in [9.17, 15) is 9.59 Å². The lowest BCUT2D eigenvalue weighted by atomic mass is 10.1. The number of anilines is 4. The van der Waals surface area contributed by atoms with Gasteiger partial charge in [0.15, 0.2) is 0 Å². The van der Waals surface area contributed by atoms with Gasteiger partial charge in [-0.15, -0.1) is 0 Å². The average Bonchev–Trinajstić information content (AvgIpc) is 2.95. The summed E-state index contributed by atoms with van der Waals surface area (Å²) >= 11 is 0. The van der Waals surface area contributed by atoms with Crippen molar-refractivity contribution >= 4 is 34.8 Å². The summed E-state index contributed by atoms with van der Waals surface area (Å²) in [4.78, 5) is 44.2. The van der Waals surface area contributed by atoms with Crippen LogP contribution >= 0.6 is 0 Å². The van der Waals surface area contributed by atoms with Crippen LogP contribution in [0.2, 0.25) is 0 Å². The van der Waals surface area contributed by atoms with Gasteiger partial charge in [0.1, 0.15) is 12.1 Å². The fraction of sp³-hybridized carbons (Fsp3) is 0.148. The lowest BCUT2D eigenvalue weighted by Crippen LogP contribution is -2.49. The van der Waals surface area contributed by atoms with Crippen LogP contribution in [0.25, 0.3) is 0 Å². The van der Waals surface area contributed by atoms with Crippen molar-refractivity contribution in [3.8, 4) is 0 Å². The van der Waals surface area contributed by atoms with Gasteiger partial charge in [-0.3, -0.25) is 9.69 Å². The van der Waals surface area contributed by atoms with Gasteiger partial charge in [0.25, 0.3) is 5.91 Å². The van der Waals surface area contributed by atoms with E-state index in [1.54, 1.807) is 42.9 Å². The summed E-state index contributed by atoms with van der Waals surface area (Å²) in [5.41, 5.74) is 2.38. The molecule has 0 aliphatic carbocycles. The number of hydrogen-bond acceptors (Lipinski definition) is 6. The summed E-state index contributed by atoms with van der Waals surface area (Å²) in [6.45, 7) is 2.71. The third kappa shape index (κ3) is 5.15. The summed E-state index contributed by atoms with van der Waals surface area (Å²) in [6, 6.07) is 21.7. The summed E-state index contributed by atoms with van der Waals surface area (Å²) in [5, 5.41) is 2.90. The number of carbonyl (C=O) groups excluding carboxylic acids is 2. The van der Waals surface area contributed by atoms with E-state index in [4.69, 9.17) is 0 Å². The molecule has 0 spiro atoms. The lowest BCUT2D eigenvalue weighted by Gasteiger charge is -2.35. The Morgan fingerprint density at radius 2 is 1.47 bits per heavy atom. The molecular weight excluding hydrogens is 454 g/mol. The second-order valence-corrected chi connectivity index (χ2v) is 8.24. The Kier molecular flexibility index (Phi) is 6.79. The van der Waals surface area contributed by atoms with Crippen LogP contribution in [-0.4, -0.2) is 58.0 Å². The number of nitrogens with zero attached hydrogens (tertiary/aromatic N) is 6. The topological polar surface area (TPSA) is 94.6 Å². The van der Waals surface area contributed by atoms with Crippen LogP contribution in [0.4, 0.5) is 27.7 Å². The highest BCUT2D eigenvalue weighted by Crippen LogP contribution is 2.25. The van der Waals surface area contributed by atoms with Gasteiger partial charge in [0.05, 0.1) is 23.8 Å². The lowest BCUT2D eigenvalue weighted by molar-refractivity contribution is 0.0746. The predicted molar refractivity (Wildman–Crippen MR) is 138 cm³/mol. The zero-order chi connectivity index (χ0) is 24.7. The third-order valence-electron chi connectivity index (χ3n) is 5.95. The normalized spacial score (nSPS) is 13.2. The Morgan fingerprint density at radius 3 is 2.14 bits per heavy atom. The molecule has 9 nitrogen and oxygen atoms in total. The van der Waals surface area contributed by atoms with Gasteiger partial charge in [0.2, 0.25) is 0 Å². The highest BCUT2D eigenvalue weighted by atomic mass is 16.2. The molecule has 1 saturated heterocycles. The Balaban J connectivity index is 1.24. The van der Waals surface area contributed by atoms with E-state index in [0.29, 0.717) is 35.7 Å². The maximum Gasteiger partial charge on any atom is 0.331 e. The van der Waals surface area contributed by atoms with Crippen LogP contribution in [0.1, 0.15) is 10.4 Å². The average molecular weight is 480 g/mol. The number of hydrogen-bond donors (Lipinski definition) is 1. The first-order valence-corrected chi connectivity index (χ1v) is 11.7. The van der Waals surface area contributed by atoms with Crippen molar-refractivity contribution in [3.05, 3.63) is 103 Å². The number of nitrogens with one attached hydrogen (secondary N) is 1. The number of para-hydroxylation sites is 1. The van der Waals surface area contributed by atoms with Crippen LogP contribution in [0, 0.1) is 0 Å². The predicted octanol–water partition coefficient (Wildman–Crippen LogP) is 4.20. The molecule has 0 radical (unpaired) electrons. The smallest absolute Gasteiger partial charge is 0.331 e. The highest BCUT2D eigenvalue weighted by molar-refractivity contribution is 6.07. The van der Waals surface area contributed by atoms with E-state index in [0.717, 1.165) is 18.9 Å². The minimum atomic E-state index is -0.360. The first kappa shape index (κ1) is 23.0. The number of carbonyl (C=O) groups is 2. The molecule has 2 aromatic heterocycles. The Morgan fingerprint density at radius 1 is 0.778 bits per heavy atom. The Labute approximate surface area is 209 Å². The summed E-state index contributed by atoms with van der Waals surface area (Å²) in [5.74, 6) is 0.900. The largest absolute Gasteiger partial charge is 0.353 e. The summed E-state index contributed by atoms with van der Waals surface area (Å²) < 4.78 is 0. The van der Waals surface area contributed by atoms with Gasteiger partial charge in [0, 0.05) is 43.6 Å². The molecule has 3 heterocycles. The molecular formula is C27H25N7O2. The Hall–Kier alpha value is -4.79. The number of amides is 3. The van der Waals surface area contributed by atoms with Crippen molar-refractivity contribution in [2.24, 2.45) is 0 Å². The molecule has 36 heavy (non-hydrogen) atoms. The van der Waals surface area contributed by atoms with E-state index in [1.807, 2.05) is 53.4 Å². The molecule has 3 amide bonds. The number of urea groups is 1. The fourth-order valence-electron chi connectivity index (χ4n) is 4.10. The van der Waals surface area contributed by atoms with Crippen LogP contribution in [0.15, 0.2) is 97.7 Å². The van der Waals surface area contributed by atoms with E-state index in [2.05, 4.69) is 25.2 Å². The van der Waals surface area contributed by atoms with Crippen molar-refractivity contribution in [2.45, 2.75) is 0 Å². The van der Waals surface area contributed by atoms with Gasteiger partial charge in [-0.1, -0.05) is 24.3 Å². The first-order valence-electron chi connectivity index (χ1n) is 11.7. The molecule has 1 N–H and O–H groups in total. The number of benzene rings is 2.